The average molecular weight is 473 g/mol. The molecule has 1 saturated heterocycles. The number of hydrogen-bond acceptors (Lipinski definition) is 5. The van der Waals surface area contributed by atoms with Crippen molar-refractivity contribution in [3.05, 3.63) is 78.0 Å². The van der Waals surface area contributed by atoms with Gasteiger partial charge in [-0.25, -0.2) is 22.2 Å². The van der Waals surface area contributed by atoms with Crippen LogP contribution in [0, 0.1) is 11.6 Å². The summed E-state index contributed by atoms with van der Waals surface area (Å²) in [6.45, 7) is 1.76. The standard InChI is InChI=1S/C23H22F2N4O3S/c24-19-11-10-18(15-20(19)25)33(31,32)28-17-8-6-16(7-9-17)23(30)27-21-5-4-12-26-22(21)29-13-2-1-3-14-29/h4-12,15,28H,1-3,13-14H2,(H,27,30). The summed E-state index contributed by atoms with van der Waals surface area (Å²) in [7, 11) is -4.12. The molecule has 172 valence electrons. The number of nitrogens with zero attached hydrogens (tertiary/aromatic N) is 2. The average Bonchev–Trinajstić information content (AvgIpc) is 2.82. The molecule has 0 unspecified atom stereocenters. The lowest BCUT2D eigenvalue weighted by Crippen LogP contribution is -2.31. The first kappa shape index (κ1) is 22.7. The Morgan fingerprint density at radius 3 is 2.36 bits per heavy atom. The van der Waals surface area contributed by atoms with E-state index >= 15 is 0 Å². The molecule has 7 nitrogen and oxygen atoms in total. The van der Waals surface area contributed by atoms with Gasteiger partial charge < -0.3 is 10.2 Å². The van der Waals surface area contributed by atoms with Gasteiger partial charge in [-0.1, -0.05) is 0 Å². The quantitative estimate of drug-likeness (QED) is 0.555. The third kappa shape index (κ3) is 5.28. The van der Waals surface area contributed by atoms with Crippen LogP contribution in [0.5, 0.6) is 0 Å². The number of pyridine rings is 1. The number of carbonyl (C=O) groups is 1. The molecule has 0 radical (unpaired) electrons. The van der Waals surface area contributed by atoms with Crippen molar-refractivity contribution in [1.29, 1.82) is 0 Å². The van der Waals surface area contributed by atoms with Crippen molar-refractivity contribution in [2.45, 2.75) is 24.2 Å². The maximum atomic E-state index is 13.4. The van der Waals surface area contributed by atoms with Gasteiger partial charge in [-0.3, -0.25) is 9.52 Å². The fraction of sp³-hybridized carbons (Fsp3) is 0.217. The van der Waals surface area contributed by atoms with Crippen LogP contribution in [0.2, 0.25) is 0 Å². The van der Waals surface area contributed by atoms with Crippen molar-refractivity contribution in [3.63, 3.8) is 0 Å². The highest BCUT2D eigenvalue weighted by Gasteiger charge is 2.19. The van der Waals surface area contributed by atoms with Crippen LogP contribution in [0.3, 0.4) is 0 Å². The molecule has 1 amide bonds. The van der Waals surface area contributed by atoms with E-state index in [1.807, 2.05) is 0 Å². The highest BCUT2D eigenvalue weighted by atomic mass is 32.2. The van der Waals surface area contributed by atoms with Crippen LogP contribution >= 0.6 is 0 Å². The molecule has 10 heteroatoms. The van der Waals surface area contributed by atoms with Crippen molar-refractivity contribution in [2.75, 3.05) is 28.0 Å². The summed E-state index contributed by atoms with van der Waals surface area (Å²) in [6.07, 6.45) is 5.02. The Kier molecular flexibility index (Phi) is 6.55. The normalized spacial score (nSPS) is 14.1. The van der Waals surface area contributed by atoms with Crippen molar-refractivity contribution >= 4 is 33.1 Å². The van der Waals surface area contributed by atoms with Gasteiger partial charge in [0.25, 0.3) is 15.9 Å². The Bertz CT molecular complexity index is 1260. The molecule has 2 aromatic carbocycles. The topological polar surface area (TPSA) is 91.4 Å². The number of rotatable bonds is 6. The third-order valence-electron chi connectivity index (χ3n) is 5.29. The van der Waals surface area contributed by atoms with Gasteiger partial charge >= 0.3 is 0 Å². The molecule has 0 atom stereocenters. The highest BCUT2D eigenvalue weighted by Crippen LogP contribution is 2.26. The van der Waals surface area contributed by atoms with Crippen LogP contribution < -0.4 is 14.9 Å². The van der Waals surface area contributed by atoms with Gasteiger partial charge in [0.15, 0.2) is 17.5 Å². The lowest BCUT2D eigenvalue weighted by atomic mass is 10.1. The monoisotopic (exact) mass is 472 g/mol. The summed E-state index contributed by atoms with van der Waals surface area (Å²) < 4.78 is 53.6. The minimum absolute atomic E-state index is 0.173. The van der Waals surface area contributed by atoms with Gasteiger partial charge in [0.05, 0.1) is 10.6 Å². The van der Waals surface area contributed by atoms with Gasteiger partial charge in [0.2, 0.25) is 0 Å². The van der Waals surface area contributed by atoms with Gasteiger partial charge in [0.1, 0.15) is 0 Å². The number of piperidine rings is 1. The molecule has 0 saturated carbocycles. The van der Waals surface area contributed by atoms with Crippen LogP contribution in [-0.4, -0.2) is 32.4 Å². The summed E-state index contributed by atoms with van der Waals surface area (Å²) >= 11 is 0. The van der Waals surface area contributed by atoms with Gasteiger partial charge in [-0.15, -0.1) is 0 Å². The van der Waals surface area contributed by atoms with Gasteiger partial charge in [-0.2, -0.15) is 0 Å². The number of sulfonamides is 1. The number of carbonyl (C=O) groups excluding carboxylic acids is 1. The maximum Gasteiger partial charge on any atom is 0.261 e. The fourth-order valence-corrected chi connectivity index (χ4v) is 4.66. The van der Waals surface area contributed by atoms with Crippen LogP contribution in [-0.2, 0) is 10.0 Å². The molecule has 0 aliphatic carbocycles. The molecule has 3 aromatic rings. The largest absolute Gasteiger partial charge is 0.355 e. The Hall–Kier alpha value is -3.53. The van der Waals surface area contributed by atoms with E-state index in [2.05, 4.69) is 19.9 Å². The van der Waals surface area contributed by atoms with Gasteiger partial charge in [-0.05, 0) is 73.9 Å². The zero-order valence-corrected chi connectivity index (χ0v) is 18.4. The molecule has 1 aromatic heterocycles. The van der Waals surface area contributed by atoms with Crippen molar-refractivity contribution in [3.8, 4) is 0 Å². The minimum atomic E-state index is -4.12. The van der Waals surface area contributed by atoms with E-state index in [0.29, 0.717) is 17.3 Å². The summed E-state index contributed by atoms with van der Waals surface area (Å²) in [5.74, 6) is -2.04. The predicted octanol–water partition coefficient (Wildman–Crippen LogP) is 4.40. The molecule has 0 spiro atoms. The number of amides is 1. The van der Waals surface area contributed by atoms with Crippen molar-refractivity contribution in [2.24, 2.45) is 0 Å². The third-order valence-corrected chi connectivity index (χ3v) is 6.67. The first-order chi connectivity index (χ1) is 15.8. The first-order valence-electron chi connectivity index (χ1n) is 10.4. The zero-order chi connectivity index (χ0) is 23.4. The Labute approximate surface area is 190 Å². The summed E-state index contributed by atoms with van der Waals surface area (Å²) in [6, 6.07) is 11.6. The molecule has 4 rings (SSSR count). The first-order valence-corrected chi connectivity index (χ1v) is 11.9. The molecule has 33 heavy (non-hydrogen) atoms. The van der Waals surface area contributed by atoms with E-state index < -0.39 is 26.6 Å². The second kappa shape index (κ2) is 9.53. The van der Waals surface area contributed by atoms with E-state index in [1.54, 1.807) is 18.3 Å². The zero-order valence-electron chi connectivity index (χ0n) is 17.6. The predicted molar refractivity (Wildman–Crippen MR) is 122 cm³/mol. The fourth-order valence-electron chi connectivity index (χ4n) is 3.59. The molecule has 1 aliphatic heterocycles. The molecular formula is C23H22F2N4O3S. The highest BCUT2D eigenvalue weighted by molar-refractivity contribution is 7.92. The Balaban J connectivity index is 1.46. The maximum absolute atomic E-state index is 13.4. The second-order valence-corrected chi connectivity index (χ2v) is 9.32. The molecule has 0 bridgehead atoms. The lowest BCUT2D eigenvalue weighted by Gasteiger charge is -2.29. The van der Waals surface area contributed by atoms with Crippen LogP contribution in [0.4, 0.5) is 26.0 Å². The van der Waals surface area contributed by atoms with E-state index in [1.165, 1.54) is 30.7 Å². The number of hydrogen-bond donors (Lipinski definition) is 2. The van der Waals surface area contributed by atoms with Crippen LogP contribution in [0.1, 0.15) is 29.6 Å². The minimum Gasteiger partial charge on any atom is -0.355 e. The number of anilines is 3. The van der Waals surface area contributed by atoms with E-state index in [4.69, 9.17) is 0 Å². The molecule has 2 N–H and O–H groups in total. The lowest BCUT2D eigenvalue weighted by molar-refractivity contribution is 0.102. The molecule has 1 fully saturated rings. The van der Waals surface area contributed by atoms with Gasteiger partial charge in [0, 0.05) is 30.5 Å². The smallest absolute Gasteiger partial charge is 0.261 e. The number of halogens is 2. The Morgan fingerprint density at radius 1 is 0.939 bits per heavy atom. The molecule has 1 aliphatic rings. The summed E-state index contributed by atoms with van der Waals surface area (Å²) in [5.41, 5.74) is 1.10. The molecular weight excluding hydrogens is 450 g/mol. The second-order valence-electron chi connectivity index (χ2n) is 7.64. The number of aromatic nitrogens is 1. The van der Waals surface area contributed by atoms with E-state index in [-0.39, 0.29) is 11.6 Å². The number of nitrogens with one attached hydrogen (secondary N) is 2. The van der Waals surface area contributed by atoms with Crippen molar-refractivity contribution < 1.29 is 22.0 Å². The number of benzene rings is 2. The van der Waals surface area contributed by atoms with Crippen molar-refractivity contribution in [1.82, 2.24) is 4.98 Å². The van der Waals surface area contributed by atoms with Crippen LogP contribution in [0.25, 0.3) is 0 Å². The summed E-state index contributed by atoms with van der Waals surface area (Å²) in [4.78, 5) is 18.9. The Morgan fingerprint density at radius 2 is 1.67 bits per heavy atom. The SMILES string of the molecule is O=C(Nc1cccnc1N1CCCCC1)c1ccc(NS(=O)(=O)c2ccc(F)c(F)c2)cc1. The molecule has 2 heterocycles. The van der Waals surface area contributed by atoms with E-state index in [0.717, 1.165) is 43.9 Å². The van der Waals surface area contributed by atoms with E-state index in [9.17, 15) is 22.0 Å². The van der Waals surface area contributed by atoms with Crippen LogP contribution in [0.15, 0.2) is 65.7 Å². The summed E-state index contributed by atoms with van der Waals surface area (Å²) in [5, 5.41) is 2.87.